The van der Waals surface area contributed by atoms with E-state index in [-0.39, 0.29) is 17.0 Å². The van der Waals surface area contributed by atoms with Crippen molar-refractivity contribution in [3.63, 3.8) is 0 Å². The van der Waals surface area contributed by atoms with E-state index in [1.807, 2.05) is 0 Å². The summed E-state index contributed by atoms with van der Waals surface area (Å²) in [6, 6.07) is 2.21. The van der Waals surface area contributed by atoms with E-state index in [2.05, 4.69) is 0 Å². The minimum Gasteiger partial charge on any atom is -0.387 e. The van der Waals surface area contributed by atoms with Crippen LogP contribution >= 0.6 is 11.8 Å². The van der Waals surface area contributed by atoms with Gasteiger partial charge < -0.3 is 10.8 Å². The topological polar surface area (TPSA) is 46.2 Å². The maximum Gasteiger partial charge on any atom is 0.140 e. The first kappa shape index (κ1) is 11.4. The van der Waals surface area contributed by atoms with E-state index < -0.39 is 17.7 Å². The quantitative estimate of drug-likeness (QED) is 0.760. The van der Waals surface area contributed by atoms with Crippen LogP contribution in [-0.2, 0) is 0 Å². The summed E-state index contributed by atoms with van der Waals surface area (Å²) >= 11 is 0.987. The van der Waals surface area contributed by atoms with Gasteiger partial charge in [0.05, 0.1) is 11.0 Å². The summed E-state index contributed by atoms with van der Waals surface area (Å²) in [5.74, 6) is -1.33. The van der Waals surface area contributed by atoms with E-state index in [4.69, 9.17) is 5.73 Å². The van der Waals surface area contributed by atoms with Crippen molar-refractivity contribution < 1.29 is 13.9 Å². The van der Waals surface area contributed by atoms with Crippen LogP contribution in [0.2, 0.25) is 0 Å². The number of hydrogen-bond acceptors (Lipinski definition) is 3. The summed E-state index contributed by atoms with van der Waals surface area (Å²) in [5, 5.41) is 9.28. The first-order valence-corrected chi connectivity index (χ1v) is 5.23. The van der Waals surface area contributed by atoms with Gasteiger partial charge in [-0.2, -0.15) is 0 Å². The van der Waals surface area contributed by atoms with E-state index in [0.29, 0.717) is 0 Å². The Balaban J connectivity index is 3.13. The summed E-state index contributed by atoms with van der Waals surface area (Å²) in [6.45, 7) is -0.0580. The van der Waals surface area contributed by atoms with Crippen LogP contribution in [0, 0.1) is 11.6 Å². The van der Waals surface area contributed by atoms with Crippen molar-refractivity contribution in [3.05, 3.63) is 29.3 Å². The maximum absolute atomic E-state index is 13.2. The predicted octanol–water partition coefficient (Wildman–Crippen LogP) is 1.68. The molecular weight excluding hydrogens is 208 g/mol. The molecule has 1 atom stereocenters. The minimum absolute atomic E-state index is 0.0435. The molecule has 1 aromatic carbocycles. The number of hydrogen-bond donors (Lipinski definition) is 2. The van der Waals surface area contributed by atoms with Gasteiger partial charge in [0.2, 0.25) is 0 Å². The Kier molecular flexibility index (Phi) is 3.86. The number of rotatable bonds is 3. The van der Waals surface area contributed by atoms with Crippen LogP contribution in [0.4, 0.5) is 8.78 Å². The normalized spacial score (nSPS) is 12.9. The van der Waals surface area contributed by atoms with Gasteiger partial charge in [0.25, 0.3) is 0 Å². The van der Waals surface area contributed by atoms with Gasteiger partial charge in [-0.3, -0.25) is 0 Å². The molecule has 0 radical (unpaired) electrons. The van der Waals surface area contributed by atoms with E-state index in [1.165, 1.54) is 0 Å². The molecule has 0 fully saturated rings. The van der Waals surface area contributed by atoms with Crippen LogP contribution in [0.1, 0.15) is 11.7 Å². The summed E-state index contributed by atoms with van der Waals surface area (Å²) in [5.41, 5.74) is 5.34. The van der Waals surface area contributed by atoms with Gasteiger partial charge >= 0.3 is 0 Å². The van der Waals surface area contributed by atoms with Gasteiger partial charge in [0.15, 0.2) is 0 Å². The van der Waals surface area contributed by atoms with Crippen molar-refractivity contribution in [3.8, 4) is 0 Å². The van der Waals surface area contributed by atoms with Gasteiger partial charge in [-0.05, 0) is 24.0 Å². The highest BCUT2D eigenvalue weighted by atomic mass is 32.2. The predicted molar refractivity (Wildman–Crippen MR) is 52.2 cm³/mol. The van der Waals surface area contributed by atoms with Crippen molar-refractivity contribution in [1.29, 1.82) is 0 Å². The number of aliphatic hydroxyl groups excluding tert-OH is 1. The van der Waals surface area contributed by atoms with Crippen LogP contribution in [0.3, 0.4) is 0 Å². The molecule has 5 heteroatoms. The lowest BCUT2D eigenvalue weighted by molar-refractivity contribution is 0.185. The standard InChI is InChI=1S/C9H11F2NOS/c1-14-9-6(10)2-5(3-7(9)11)8(13)4-12/h2-3,8,13H,4,12H2,1H3. The van der Waals surface area contributed by atoms with Crippen molar-refractivity contribution in [2.75, 3.05) is 12.8 Å². The molecule has 1 aromatic rings. The molecule has 1 rings (SSSR count). The van der Waals surface area contributed by atoms with Gasteiger partial charge in [0.1, 0.15) is 11.6 Å². The average molecular weight is 219 g/mol. The summed E-state index contributed by atoms with van der Waals surface area (Å²) in [6.07, 6.45) is 0.565. The summed E-state index contributed by atoms with van der Waals surface area (Å²) in [7, 11) is 0. The third kappa shape index (κ3) is 2.23. The molecule has 0 aliphatic carbocycles. The molecule has 78 valence electrons. The molecule has 0 aliphatic heterocycles. The van der Waals surface area contributed by atoms with Gasteiger partial charge in [-0.25, -0.2) is 8.78 Å². The van der Waals surface area contributed by atoms with E-state index in [1.54, 1.807) is 6.26 Å². The summed E-state index contributed by atoms with van der Waals surface area (Å²) < 4.78 is 26.4. The Morgan fingerprint density at radius 3 is 2.29 bits per heavy atom. The lowest BCUT2D eigenvalue weighted by Crippen LogP contribution is -2.12. The zero-order valence-corrected chi connectivity index (χ0v) is 8.44. The smallest absolute Gasteiger partial charge is 0.140 e. The van der Waals surface area contributed by atoms with Crippen LogP contribution in [-0.4, -0.2) is 17.9 Å². The van der Waals surface area contributed by atoms with Crippen molar-refractivity contribution >= 4 is 11.8 Å². The third-order valence-corrected chi connectivity index (χ3v) is 2.63. The zero-order valence-electron chi connectivity index (χ0n) is 7.63. The Labute approximate surface area is 85.1 Å². The molecule has 0 bridgehead atoms. The fourth-order valence-corrected chi connectivity index (χ4v) is 1.61. The number of halogens is 2. The fraction of sp³-hybridized carbons (Fsp3) is 0.333. The average Bonchev–Trinajstić information content (AvgIpc) is 2.16. The fourth-order valence-electron chi connectivity index (χ4n) is 1.10. The second kappa shape index (κ2) is 4.72. The number of benzene rings is 1. The number of aliphatic hydroxyl groups is 1. The Morgan fingerprint density at radius 1 is 1.43 bits per heavy atom. The molecule has 0 aromatic heterocycles. The first-order valence-electron chi connectivity index (χ1n) is 4.01. The summed E-state index contributed by atoms with van der Waals surface area (Å²) in [4.78, 5) is -0.0435. The Morgan fingerprint density at radius 2 is 1.93 bits per heavy atom. The molecule has 0 amide bonds. The zero-order chi connectivity index (χ0) is 10.7. The molecule has 0 aliphatic rings. The molecular formula is C9H11F2NOS. The Bertz CT molecular complexity index is 310. The van der Waals surface area contributed by atoms with Crippen LogP contribution in [0.25, 0.3) is 0 Å². The van der Waals surface area contributed by atoms with E-state index in [0.717, 1.165) is 23.9 Å². The molecule has 0 saturated heterocycles. The largest absolute Gasteiger partial charge is 0.387 e. The molecule has 0 heterocycles. The van der Waals surface area contributed by atoms with Crippen molar-refractivity contribution in [2.24, 2.45) is 5.73 Å². The molecule has 2 nitrogen and oxygen atoms in total. The third-order valence-electron chi connectivity index (χ3n) is 1.83. The highest BCUT2D eigenvalue weighted by Crippen LogP contribution is 2.26. The number of thioether (sulfide) groups is 1. The first-order chi connectivity index (χ1) is 6.60. The highest BCUT2D eigenvalue weighted by molar-refractivity contribution is 7.98. The minimum atomic E-state index is -1.02. The Hall–Kier alpha value is -0.650. The van der Waals surface area contributed by atoms with E-state index in [9.17, 15) is 13.9 Å². The van der Waals surface area contributed by atoms with Gasteiger partial charge in [0, 0.05) is 6.54 Å². The monoisotopic (exact) mass is 219 g/mol. The van der Waals surface area contributed by atoms with Gasteiger partial charge in [-0.1, -0.05) is 0 Å². The van der Waals surface area contributed by atoms with Crippen molar-refractivity contribution in [1.82, 2.24) is 0 Å². The lowest BCUT2D eigenvalue weighted by Gasteiger charge is -2.10. The van der Waals surface area contributed by atoms with Crippen LogP contribution in [0.15, 0.2) is 17.0 Å². The SMILES string of the molecule is CSc1c(F)cc(C(O)CN)cc1F. The maximum atomic E-state index is 13.2. The molecule has 3 N–H and O–H groups in total. The molecule has 1 unspecified atom stereocenters. The lowest BCUT2D eigenvalue weighted by atomic mass is 10.1. The van der Waals surface area contributed by atoms with Crippen molar-refractivity contribution in [2.45, 2.75) is 11.0 Å². The van der Waals surface area contributed by atoms with Crippen LogP contribution < -0.4 is 5.73 Å². The molecule has 0 saturated carbocycles. The highest BCUT2D eigenvalue weighted by Gasteiger charge is 2.13. The second-order valence-electron chi connectivity index (χ2n) is 2.77. The van der Waals surface area contributed by atoms with E-state index >= 15 is 0 Å². The second-order valence-corrected chi connectivity index (χ2v) is 3.59. The number of nitrogens with two attached hydrogens (primary N) is 1. The molecule has 14 heavy (non-hydrogen) atoms. The van der Waals surface area contributed by atoms with Gasteiger partial charge in [-0.15, -0.1) is 11.8 Å². The molecule has 0 spiro atoms. The van der Waals surface area contributed by atoms with Crippen LogP contribution in [0.5, 0.6) is 0 Å².